The summed E-state index contributed by atoms with van der Waals surface area (Å²) in [7, 11) is 0. The molecule has 1 aliphatic heterocycles. The fourth-order valence-corrected chi connectivity index (χ4v) is 3.95. The Balaban J connectivity index is 1.64. The highest BCUT2D eigenvalue weighted by Gasteiger charge is 2.19. The van der Waals surface area contributed by atoms with Gasteiger partial charge in [0, 0.05) is 31.4 Å². The van der Waals surface area contributed by atoms with Gasteiger partial charge in [0.15, 0.2) is 5.58 Å². The average molecular weight is 377 g/mol. The maximum atomic E-state index is 11.5. The molecule has 1 saturated heterocycles. The largest absolute Gasteiger partial charge is 0.417 e. The van der Waals surface area contributed by atoms with Gasteiger partial charge in [0.1, 0.15) is 5.65 Å². The van der Waals surface area contributed by atoms with Gasteiger partial charge in [-0.05, 0) is 50.2 Å². The van der Waals surface area contributed by atoms with Crippen molar-refractivity contribution in [2.75, 3.05) is 26.2 Å². The molecule has 0 amide bonds. The summed E-state index contributed by atoms with van der Waals surface area (Å²) in [5, 5.41) is 3.46. The summed E-state index contributed by atoms with van der Waals surface area (Å²) in [6, 6.07) is 9.91. The summed E-state index contributed by atoms with van der Waals surface area (Å²) in [6.45, 7) is 7.09. The third-order valence-corrected chi connectivity index (χ3v) is 5.37. The molecule has 4 heterocycles. The van der Waals surface area contributed by atoms with E-state index in [1.165, 1.54) is 5.56 Å². The lowest BCUT2D eigenvalue weighted by Gasteiger charge is -2.20. The van der Waals surface area contributed by atoms with Crippen LogP contribution in [0.3, 0.4) is 0 Å². The van der Waals surface area contributed by atoms with Crippen LogP contribution in [0.5, 0.6) is 0 Å². The van der Waals surface area contributed by atoms with Crippen molar-refractivity contribution in [1.29, 1.82) is 0 Å². The molecule has 7 nitrogen and oxygen atoms in total. The molecular formula is C21H23N5O2. The molecule has 0 aliphatic carbocycles. The molecule has 7 heteroatoms. The highest BCUT2D eigenvalue weighted by molar-refractivity contribution is 5.80. The number of hydrogen-bond donors (Lipinski definition) is 2. The molecule has 0 unspecified atom stereocenters. The van der Waals surface area contributed by atoms with Gasteiger partial charge in [0.05, 0.1) is 16.9 Å². The minimum absolute atomic E-state index is 0.435. The molecule has 144 valence electrons. The van der Waals surface area contributed by atoms with Gasteiger partial charge in [0.2, 0.25) is 0 Å². The molecule has 0 spiro atoms. The molecule has 28 heavy (non-hydrogen) atoms. The first-order chi connectivity index (χ1) is 13.7. The van der Waals surface area contributed by atoms with E-state index in [1.54, 1.807) is 0 Å². The standard InChI is InChI=1S/C21H23N5O2/c1-14-3-6-19-24-20(15-4-5-16-18(11-15)28-21(27)23-16)17(26(19)12-14)13-25-9-2-7-22-8-10-25/h3-6,11-12,22H,2,7-10,13H2,1H3,(H,23,27). The second kappa shape index (κ2) is 6.92. The monoisotopic (exact) mass is 377 g/mol. The average Bonchev–Trinajstić information content (AvgIpc) is 3.10. The van der Waals surface area contributed by atoms with Crippen molar-refractivity contribution in [2.24, 2.45) is 0 Å². The molecule has 0 atom stereocenters. The fraction of sp³-hybridized carbons (Fsp3) is 0.333. The summed E-state index contributed by atoms with van der Waals surface area (Å²) >= 11 is 0. The third-order valence-electron chi connectivity index (χ3n) is 5.37. The zero-order valence-electron chi connectivity index (χ0n) is 15.9. The van der Waals surface area contributed by atoms with Crippen LogP contribution in [0.15, 0.2) is 45.7 Å². The van der Waals surface area contributed by atoms with Crippen molar-refractivity contribution in [3.05, 3.63) is 58.3 Å². The smallest absolute Gasteiger partial charge is 0.408 e. The van der Waals surface area contributed by atoms with Crippen LogP contribution in [0.25, 0.3) is 28.0 Å². The summed E-state index contributed by atoms with van der Waals surface area (Å²) in [4.78, 5) is 21.6. The fourth-order valence-electron chi connectivity index (χ4n) is 3.95. The Morgan fingerprint density at radius 1 is 1.18 bits per heavy atom. The van der Waals surface area contributed by atoms with E-state index < -0.39 is 5.76 Å². The first-order valence-electron chi connectivity index (χ1n) is 9.71. The number of hydrogen-bond acceptors (Lipinski definition) is 5. The lowest BCUT2D eigenvalue weighted by atomic mass is 10.1. The van der Waals surface area contributed by atoms with Crippen LogP contribution in [0.2, 0.25) is 0 Å². The van der Waals surface area contributed by atoms with E-state index in [-0.39, 0.29) is 0 Å². The van der Waals surface area contributed by atoms with Gasteiger partial charge in [-0.1, -0.05) is 12.1 Å². The highest BCUT2D eigenvalue weighted by atomic mass is 16.4. The van der Waals surface area contributed by atoms with E-state index in [0.717, 1.165) is 61.7 Å². The summed E-state index contributed by atoms with van der Waals surface area (Å²) in [5.74, 6) is -0.435. The zero-order valence-corrected chi connectivity index (χ0v) is 15.9. The number of nitrogens with zero attached hydrogens (tertiary/aromatic N) is 3. The SMILES string of the molecule is Cc1ccc2nc(-c3ccc4[nH]c(=O)oc4c3)c(CN3CCCNCC3)n2c1. The van der Waals surface area contributed by atoms with Crippen LogP contribution in [0.4, 0.5) is 0 Å². The number of fused-ring (bicyclic) bond motifs is 2. The predicted octanol–water partition coefficient (Wildman–Crippen LogP) is 2.54. The maximum absolute atomic E-state index is 11.5. The zero-order chi connectivity index (χ0) is 19.1. The van der Waals surface area contributed by atoms with Gasteiger partial charge < -0.3 is 14.1 Å². The van der Waals surface area contributed by atoms with Crippen LogP contribution in [-0.4, -0.2) is 45.4 Å². The van der Waals surface area contributed by atoms with Crippen LogP contribution >= 0.6 is 0 Å². The van der Waals surface area contributed by atoms with Crippen LogP contribution in [0.1, 0.15) is 17.7 Å². The number of imidazole rings is 1. The molecule has 1 aromatic carbocycles. The lowest BCUT2D eigenvalue weighted by molar-refractivity contribution is 0.281. The summed E-state index contributed by atoms with van der Waals surface area (Å²) < 4.78 is 7.46. The molecule has 2 N–H and O–H groups in total. The van der Waals surface area contributed by atoms with Gasteiger partial charge in [-0.15, -0.1) is 0 Å². The molecular weight excluding hydrogens is 354 g/mol. The van der Waals surface area contributed by atoms with Gasteiger partial charge in [-0.2, -0.15) is 0 Å². The number of oxazole rings is 1. The Bertz CT molecular complexity index is 1190. The second-order valence-electron chi connectivity index (χ2n) is 7.45. The number of rotatable bonds is 3. The topological polar surface area (TPSA) is 78.6 Å². The van der Waals surface area contributed by atoms with E-state index >= 15 is 0 Å². The Morgan fingerprint density at radius 3 is 3.04 bits per heavy atom. The summed E-state index contributed by atoms with van der Waals surface area (Å²) in [6.07, 6.45) is 3.29. The van der Waals surface area contributed by atoms with Crippen molar-refractivity contribution in [2.45, 2.75) is 19.9 Å². The van der Waals surface area contributed by atoms with E-state index in [2.05, 4.69) is 44.9 Å². The first kappa shape index (κ1) is 17.2. The first-order valence-corrected chi connectivity index (χ1v) is 9.71. The lowest BCUT2D eigenvalue weighted by Crippen LogP contribution is -2.28. The number of aryl methyl sites for hydroxylation is 1. The number of pyridine rings is 1. The quantitative estimate of drug-likeness (QED) is 0.574. The van der Waals surface area contributed by atoms with Crippen LogP contribution < -0.4 is 11.1 Å². The second-order valence-corrected chi connectivity index (χ2v) is 7.45. The molecule has 1 fully saturated rings. The van der Waals surface area contributed by atoms with Crippen LogP contribution in [0, 0.1) is 6.92 Å². The van der Waals surface area contributed by atoms with Gasteiger partial charge in [-0.3, -0.25) is 9.88 Å². The van der Waals surface area contributed by atoms with Crippen molar-refractivity contribution in [3.8, 4) is 11.3 Å². The molecule has 4 aromatic rings. The summed E-state index contributed by atoms with van der Waals surface area (Å²) in [5.41, 5.74) is 6.45. The number of nitrogens with one attached hydrogen (secondary N) is 2. The number of benzene rings is 1. The van der Waals surface area contributed by atoms with Gasteiger partial charge in [-0.25, -0.2) is 9.78 Å². The molecule has 1 aliphatic rings. The van der Waals surface area contributed by atoms with E-state index in [0.29, 0.717) is 11.1 Å². The molecule has 0 radical (unpaired) electrons. The Morgan fingerprint density at radius 2 is 2.11 bits per heavy atom. The van der Waals surface area contributed by atoms with E-state index in [4.69, 9.17) is 9.40 Å². The van der Waals surface area contributed by atoms with Crippen molar-refractivity contribution in [3.63, 3.8) is 0 Å². The Kier molecular flexibility index (Phi) is 4.26. The van der Waals surface area contributed by atoms with E-state index in [1.807, 2.05) is 18.2 Å². The molecule has 0 saturated carbocycles. The van der Waals surface area contributed by atoms with Gasteiger partial charge in [0.25, 0.3) is 0 Å². The third kappa shape index (κ3) is 3.12. The van der Waals surface area contributed by atoms with Gasteiger partial charge >= 0.3 is 5.76 Å². The number of H-pyrrole nitrogens is 1. The molecule has 5 rings (SSSR count). The van der Waals surface area contributed by atoms with E-state index in [9.17, 15) is 4.79 Å². The maximum Gasteiger partial charge on any atom is 0.417 e. The predicted molar refractivity (Wildman–Crippen MR) is 109 cm³/mol. The minimum Gasteiger partial charge on any atom is -0.408 e. The number of aromatic nitrogens is 3. The molecule has 0 bridgehead atoms. The Labute approximate surface area is 162 Å². The van der Waals surface area contributed by atoms with Crippen molar-refractivity contribution in [1.82, 2.24) is 24.6 Å². The normalized spacial score (nSPS) is 16.0. The van der Waals surface area contributed by atoms with Crippen molar-refractivity contribution >= 4 is 16.7 Å². The van der Waals surface area contributed by atoms with Crippen molar-refractivity contribution < 1.29 is 4.42 Å². The Hall–Kier alpha value is -2.90. The molecule has 3 aromatic heterocycles. The highest BCUT2D eigenvalue weighted by Crippen LogP contribution is 2.28. The number of aromatic amines is 1. The van der Waals surface area contributed by atoms with Crippen LogP contribution in [-0.2, 0) is 6.54 Å². The minimum atomic E-state index is -0.435.